The van der Waals surface area contributed by atoms with E-state index in [1.807, 2.05) is 18.2 Å². The summed E-state index contributed by atoms with van der Waals surface area (Å²) in [5, 5.41) is 9.04. The van der Waals surface area contributed by atoms with E-state index in [1.165, 1.54) is 20.2 Å². The van der Waals surface area contributed by atoms with Crippen LogP contribution < -0.4 is 0 Å². The molecule has 3 aromatic heterocycles. The van der Waals surface area contributed by atoms with Crippen molar-refractivity contribution in [3.05, 3.63) is 112 Å². The van der Waals surface area contributed by atoms with Crippen LogP contribution in [-0.4, -0.2) is 13.0 Å². The Morgan fingerprint density at radius 3 is 1.90 bits per heavy atom. The van der Waals surface area contributed by atoms with Crippen LogP contribution >= 0.6 is 38.6 Å². The molecule has 7 aromatic rings. The number of nitrogens with zero attached hydrogens (tertiary/aromatic N) is 1. The average Bonchev–Trinajstić information content (AvgIpc) is 3.69. The molecule has 0 amide bonds. The van der Waals surface area contributed by atoms with Crippen LogP contribution in [0, 0.1) is 0 Å². The summed E-state index contributed by atoms with van der Waals surface area (Å²) < 4.78 is 28.4. The molecule has 0 aliphatic rings. The molecule has 0 saturated carbocycles. The van der Waals surface area contributed by atoms with E-state index in [1.54, 1.807) is 28.7 Å². The number of aromatic nitrogens is 1. The van der Waals surface area contributed by atoms with Crippen molar-refractivity contribution in [1.82, 2.24) is 4.57 Å². The molecular weight excluding hydrogens is 606 g/mol. The van der Waals surface area contributed by atoms with Crippen LogP contribution in [0.2, 0.25) is 0 Å². The predicted octanol–water partition coefficient (Wildman–Crippen LogP) is 10.1. The minimum absolute atomic E-state index is 0.343. The Kier molecular flexibility index (Phi) is 9.14. The van der Waals surface area contributed by atoms with E-state index >= 15 is 0 Å². The number of benzene rings is 4. The predicted molar refractivity (Wildman–Crippen MR) is 174 cm³/mol. The van der Waals surface area contributed by atoms with Crippen LogP contribution in [0.5, 0.6) is 0 Å². The van der Waals surface area contributed by atoms with Gasteiger partial charge in [-0.25, -0.2) is 8.42 Å². The summed E-state index contributed by atoms with van der Waals surface area (Å²) in [7, 11) is -2.60. The number of unbranched alkanes of at least 4 members (excludes halogenated alkanes) is 1. The molecule has 39 heavy (non-hydrogen) atoms. The van der Waals surface area contributed by atoms with E-state index in [2.05, 4.69) is 111 Å². The first-order valence-corrected chi connectivity index (χ1v) is 16.5. The molecule has 0 bridgehead atoms. The van der Waals surface area contributed by atoms with E-state index in [0.29, 0.717) is 9.37 Å². The summed E-state index contributed by atoms with van der Waals surface area (Å²) in [5.41, 5.74) is 2.24. The van der Waals surface area contributed by atoms with Gasteiger partial charge in [0.15, 0.2) is 10.7 Å². The van der Waals surface area contributed by atoms with Gasteiger partial charge in [-0.2, -0.15) is 0 Å². The summed E-state index contributed by atoms with van der Waals surface area (Å²) >= 11 is 6.96. The normalized spacial score (nSPS) is 11.1. The molecule has 0 aliphatic carbocycles. The molecule has 0 saturated heterocycles. The van der Waals surface area contributed by atoms with Crippen molar-refractivity contribution < 1.29 is 8.42 Å². The lowest BCUT2D eigenvalue weighted by molar-refractivity contribution is 0.614. The van der Waals surface area contributed by atoms with Gasteiger partial charge in [-0.1, -0.05) is 67.9 Å². The zero-order valence-corrected chi connectivity index (χ0v) is 25.5. The minimum atomic E-state index is -2.60. The van der Waals surface area contributed by atoms with Gasteiger partial charge < -0.3 is 4.57 Å². The van der Waals surface area contributed by atoms with Crippen LogP contribution in [0.3, 0.4) is 0 Å². The fraction of sp³-hybridized carbons (Fsp3) is 0.125. The monoisotopic (exact) mass is 633 g/mol. The molecule has 0 aliphatic heterocycles. The Morgan fingerprint density at radius 2 is 1.31 bits per heavy atom. The zero-order valence-electron chi connectivity index (χ0n) is 21.4. The molecule has 3 nitrogen and oxygen atoms in total. The maximum Gasteiger partial charge on any atom is 0.169 e. The molecule has 4 aromatic carbocycles. The van der Waals surface area contributed by atoms with E-state index in [0.717, 1.165) is 41.2 Å². The van der Waals surface area contributed by atoms with Crippen molar-refractivity contribution >= 4 is 91.3 Å². The smallest absolute Gasteiger partial charge is 0.169 e. The highest BCUT2D eigenvalue weighted by atomic mass is 79.9. The molecule has 0 radical (unpaired) electrons. The van der Waals surface area contributed by atoms with Crippen molar-refractivity contribution in [2.45, 2.75) is 31.2 Å². The number of hydrogen-bond donors (Lipinski definition) is 1. The summed E-state index contributed by atoms with van der Waals surface area (Å²) in [4.78, 5) is 0.343. The van der Waals surface area contributed by atoms with E-state index in [-0.39, 0.29) is 0 Å². The van der Waals surface area contributed by atoms with Crippen molar-refractivity contribution in [1.29, 1.82) is 0 Å². The zero-order chi connectivity index (χ0) is 27.2. The minimum Gasteiger partial charge on any atom is -0.340 e. The first-order chi connectivity index (χ1) is 19.1. The van der Waals surface area contributed by atoms with E-state index in [9.17, 15) is 8.42 Å². The SMILES string of the molecule is CCCCn1c2ccccc2c2cc([SH](=O)=O)c(Br)cc21.c1ccc2sccc2c1.c1ccc2sccc2c1. The third-order valence-corrected chi connectivity index (χ3v) is 10.0. The Bertz CT molecular complexity index is 1800. The topological polar surface area (TPSA) is 39.1 Å². The maximum atomic E-state index is 11.4. The van der Waals surface area contributed by atoms with Crippen LogP contribution in [0.15, 0.2) is 117 Å². The first kappa shape index (κ1) is 27.6. The van der Waals surface area contributed by atoms with Crippen LogP contribution in [0.4, 0.5) is 0 Å². The van der Waals surface area contributed by atoms with Gasteiger partial charge in [-0.05, 0) is 86.3 Å². The number of rotatable bonds is 4. The van der Waals surface area contributed by atoms with Gasteiger partial charge in [0.05, 0.1) is 10.4 Å². The highest BCUT2D eigenvalue weighted by Gasteiger charge is 2.13. The molecule has 0 unspecified atom stereocenters. The van der Waals surface area contributed by atoms with E-state index < -0.39 is 10.7 Å². The van der Waals surface area contributed by atoms with Gasteiger partial charge in [0.25, 0.3) is 0 Å². The second-order valence-electron chi connectivity index (χ2n) is 9.02. The molecule has 0 atom stereocenters. The standard InChI is InChI=1S/C16H16BrNO2S.2C8H6S/c1-2-3-8-18-14-7-5-4-6-11(14)12-9-16(21(19)20)13(17)10-15(12)18;2*1-2-4-8-7(3-1)5-6-9-8/h4-7,9-10,21H,2-3,8H2,1H3;2*1-6H. The highest BCUT2D eigenvalue weighted by molar-refractivity contribution is 9.10. The molecule has 7 heteroatoms. The molecule has 0 N–H and O–H groups in total. The molecule has 0 fully saturated rings. The largest absolute Gasteiger partial charge is 0.340 e. The Hall–Kier alpha value is -2.97. The van der Waals surface area contributed by atoms with Crippen LogP contribution in [0.1, 0.15) is 19.8 Å². The van der Waals surface area contributed by atoms with Gasteiger partial charge in [-0.3, -0.25) is 0 Å². The quantitative estimate of drug-likeness (QED) is 0.196. The summed E-state index contributed by atoms with van der Waals surface area (Å²) in [5.74, 6) is 0. The van der Waals surface area contributed by atoms with Gasteiger partial charge in [0.2, 0.25) is 0 Å². The summed E-state index contributed by atoms with van der Waals surface area (Å²) in [6.07, 6.45) is 2.22. The Labute approximate surface area is 246 Å². The third kappa shape index (κ3) is 6.28. The van der Waals surface area contributed by atoms with Gasteiger partial charge in [-0.15, -0.1) is 22.7 Å². The van der Waals surface area contributed by atoms with Gasteiger partial charge in [0.1, 0.15) is 0 Å². The summed E-state index contributed by atoms with van der Waals surface area (Å²) in [6, 6.07) is 32.9. The Morgan fingerprint density at radius 1 is 0.718 bits per heavy atom. The van der Waals surface area contributed by atoms with Crippen molar-refractivity contribution in [3.63, 3.8) is 0 Å². The maximum absolute atomic E-state index is 11.4. The molecule has 198 valence electrons. The number of hydrogen-bond acceptors (Lipinski definition) is 4. The van der Waals surface area contributed by atoms with Crippen molar-refractivity contribution in [3.8, 4) is 0 Å². The first-order valence-electron chi connectivity index (χ1n) is 12.8. The second kappa shape index (κ2) is 12.9. The van der Waals surface area contributed by atoms with Crippen LogP contribution in [-0.2, 0) is 17.2 Å². The third-order valence-electron chi connectivity index (χ3n) is 6.50. The Balaban J connectivity index is 0.000000139. The molecule has 7 rings (SSSR count). The number of para-hydroxylation sites is 1. The lowest BCUT2D eigenvalue weighted by Gasteiger charge is -2.07. The molecule has 0 spiro atoms. The fourth-order valence-electron chi connectivity index (χ4n) is 4.57. The molecule has 3 heterocycles. The molecular formula is C32H28BrNO2S3. The highest BCUT2D eigenvalue weighted by Crippen LogP contribution is 2.34. The number of aryl methyl sites for hydroxylation is 1. The number of thiophene rings is 2. The number of halogens is 1. The van der Waals surface area contributed by atoms with E-state index in [4.69, 9.17) is 0 Å². The lowest BCUT2D eigenvalue weighted by atomic mass is 10.1. The van der Waals surface area contributed by atoms with Gasteiger partial charge in [0, 0.05) is 36.7 Å². The van der Waals surface area contributed by atoms with Crippen LogP contribution in [0.25, 0.3) is 42.0 Å². The van der Waals surface area contributed by atoms with Gasteiger partial charge >= 0.3 is 0 Å². The number of thiol groups is 1. The van der Waals surface area contributed by atoms with Crippen molar-refractivity contribution in [2.75, 3.05) is 0 Å². The fourth-order valence-corrected chi connectivity index (χ4v) is 7.39. The second-order valence-corrected chi connectivity index (χ2v) is 12.8. The summed E-state index contributed by atoms with van der Waals surface area (Å²) in [6.45, 7) is 3.11. The average molecular weight is 635 g/mol. The van der Waals surface area contributed by atoms with Crippen molar-refractivity contribution in [2.24, 2.45) is 0 Å². The lowest BCUT2D eigenvalue weighted by Crippen LogP contribution is -1.97. The number of fused-ring (bicyclic) bond motifs is 5.